The van der Waals surface area contributed by atoms with Crippen LogP contribution in [-0.4, -0.2) is 17.7 Å². The van der Waals surface area contributed by atoms with Gasteiger partial charge in [0.25, 0.3) is 5.91 Å². The maximum Gasteiger partial charge on any atom is 0.265 e. The molecule has 0 saturated heterocycles. The van der Waals surface area contributed by atoms with Crippen LogP contribution in [0.1, 0.15) is 38.2 Å². The van der Waals surface area contributed by atoms with Crippen LogP contribution in [0.3, 0.4) is 0 Å². The van der Waals surface area contributed by atoms with E-state index in [9.17, 15) is 4.79 Å². The fourth-order valence-electron chi connectivity index (χ4n) is 1.61. The average Bonchev–Trinajstić information content (AvgIpc) is 2.39. The molecule has 0 aliphatic carbocycles. The van der Waals surface area contributed by atoms with Gasteiger partial charge in [-0.3, -0.25) is 9.63 Å². The van der Waals surface area contributed by atoms with Crippen LogP contribution < -0.4 is 5.84 Å². The molecule has 0 unspecified atom stereocenters. The minimum absolute atomic E-state index is 0.225. The number of nitrogens with zero attached hydrogens (tertiary/aromatic N) is 1. The highest BCUT2D eigenvalue weighted by Crippen LogP contribution is 2.03. The number of rotatable bonds is 8. The lowest BCUT2D eigenvalue weighted by Crippen LogP contribution is -2.38. The van der Waals surface area contributed by atoms with Gasteiger partial charge in [0.1, 0.15) is 0 Å². The Morgan fingerprint density at radius 1 is 1.22 bits per heavy atom. The molecule has 1 amide bonds. The van der Waals surface area contributed by atoms with Crippen molar-refractivity contribution < 1.29 is 9.63 Å². The molecule has 0 radical (unpaired) electrons. The number of hydrazine groups is 1. The van der Waals surface area contributed by atoms with Gasteiger partial charge in [0, 0.05) is 0 Å². The van der Waals surface area contributed by atoms with Crippen LogP contribution in [0.2, 0.25) is 0 Å². The molecule has 0 aromatic heterocycles. The van der Waals surface area contributed by atoms with Gasteiger partial charge >= 0.3 is 0 Å². The third-order valence-electron chi connectivity index (χ3n) is 2.67. The van der Waals surface area contributed by atoms with Crippen molar-refractivity contribution in [3.8, 4) is 0 Å². The number of benzene rings is 1. The van der Waals surface area contributed by atoms with Crippen LogP contribution in [0.15, 0.2) is 30.3 Å². The average molecular weight is 250 g/mol. The molecule has 2 N–H and O–H groups in total. The maximum atomic E-state index is 11.7. The first-order valence-corrected chi connectivity index (χ1v) is 6.48. The molecule has 0 fully saturated rings. The van der Waals surface area contributed by atoms with E-state index in [0.717, 1.165) is 23.6 Å². The van der Waals surface area contributed by atoms with Gasteiger partial charge in [0.15, 0.2) is 0 Å². The fraction of sp³-hybridized carbons (Fsp3) is 0.500. The van der Waals surface area contributed by atoms with Crippen LogP contribution in [0, 0.1) is 0 Å². The molecule has 1 aromatic rings. The molecule has 4 heteroatoms. The summed E-state index contributed by atoms with van der Waals surface area (Å²) < 4.78 is 0. The summed E-state index contributed by atoms with van der Waals surface area (Å²) in [6, 6.07) is 9.50. The minimum Gasteiger partial charge on any atom is -0.271 e. The maximum absolute atomic E-state index is 11.7. The Bertz CT molecular complexity index is 341. The van der Waals surface area contributed by atoms with Crippen molar-refractivity contribution in [1.82, 2.24) is 5.17 Å². The molecule has 0 saturated carbocycles. The summed E-state index contributed by atoms with van der Waals surface area (Å²) in [6.07, 6.45) is 4.68. The SMILES string of the molecule is CCCCCCON(N)C(=O)Cc1ccccc1. The molecule has 4 nitrogen and oxygen atoms in total. The molecule has 18 heavy (non-hydrogen) atoms. The topological polar surface area (TPSA) is 55.6 Å². The Hall–Kier alpha value is -1.39. The normalized spacial score (nSPS) is 10.3. The summed E-state index contributed by atoms with van der Waals surface area (Å²) >= 11 is 0. The predicted molar refractivity (Wildman–Crippen MR) is 71.3 cm³/mol. The van der Waals surface area contributed by atoms with Crippen LogP contribution >= 0.6 is 0 Å². The number of unbranched alkanes of at least 4 members (excludes halogenated alkanes) is 3. The number of hydrogen-bond acceptors (Lipinski definition) is 3. The lowest BCUT2D eigenvalue weighted by atomic mass is 10.1. The summed E-state index contributed by atoms with van der Waals surface area (Å²) in [7, 11) is 0. The summed E-state index contributed by atoms with van der Waals surface area (Å²) in [5.41, 5.74) is 0.938. The molecule has 100 valence electrons. The van der Waals surface area contributed by atoms with Gasteiger partial charge in [-0.15, -0.1) is 0 Å². The second-order valence-electron chi connectivity index (χ2n) is 4.28. The van der Waals surface area contributed by atoms with Crippen molar-refractivity contribution >= 4 is 5.91 Å². The minimum atomic E-state index is -0.225. The zero-order valence-corrected chi connectivity index (χ0v) is 11.0. The Labute approximate surface area is 109 Å². The summed E-state index contributed by atoms with van der Waals surface area (Å²) in [5, 5.41) is 0.860. The number of hydrogen-bond donors (Lipinski definition) is 1. The zero-order valence-electron chi connectivity index (χ0n) is 11.0. The lowest BCUT2D eigenvalue weighted by molar-refractivity contribution is -0.188. The lowest BCUT2D eigenvalue weighted by Gasteiger charge is -2.15. The summed E-state index contributed by atoms with van der Waals surface area (Å²) in [5.74, 6) is 5.32. The van der Waals surface area contributed by atoms with Crippen LogP contribution in [0.25, 0.3) is 0 Å². The Morgan fingerprint density at radius 3 is 2.61 bits per heavy atom. The monoisotopic (exact) mass is 250 g/mol. The van der Waals surface area contributed by atoms with E-state index < -0.39 is 0 Å². The van der Waals surface area contributed by atoms with Crippen LogP contribution in [0.4, 0.5) is 0 Å². The van der Waals surface area contributed by atoms with Crippen molar-refractivity contribution in [2.45, 2.75) is 39.0 Å². The second-order valence-corrected chi connectivity index (χ2v) is 4.28. The Morgan fingerprint density at radius 2 is 1.94 bits per heavy atom. The Kier molecular flexibility index (Phi) is 7.06. The highest BCUT2D eigenvalue weighted by molar-refractivity contribution is 5.77. The second kappa shape index (κ2) is 8.66. The first-order chi connectivity index (χ1) is 8.74. The van der Waals surface area contributed by atoms with E-state index >= 15 is 0 Å². The number of hydroxylamine groups is 1. The third kappa shape index (κ3) is 5.80. The zero-order chi connectivity index (χ0) is 13.2. The smallest absolute Gasteiger partial charge is 0.265 e. The van der Waals surface area contributed by atoms with E-state index in [1.807, 2.05) is 30.3 Å². The van der Waals surface area contributed by atoms with E-state index in [1.54, 1.807) is 0 Å². The molecule has 0 atom stereocenters. The molecular weight excluding hydrogens is 228 g/mol. The first kappa shape index (κ1) is 14.7. The van der Waals surface area contributed by atoms with Crippen molar-refractivity contribution in [2.24, 2.45) is 5.84 Å². The molecule has 0 bridgehead atoms. The van der Waals surface area contributed by atoms with Crippen molar-refractivity contribution in [3.63, 3.8) is 0 Å². The van der Waals surface area contributed by atoms with Gasteiger partial charge in [0.05, 0.1) is 13.0 Å². The largest absolute Gasteiger partial charge is 0.271 e. The van der Waals surface area contributed by atoms with E-state index in [4.69, 9.17) is 10.7 Å². The highest BCUT2D eigenvalue weighted by Gasteiger charge is 2.10. The van der Waals surface area contributed by atoms with Crippen LogP contribution in [0.5, 0.6) is 0 Å². The highest BCUT2D eigenvalue weighted by atomic mass is 16.7. The molecule has 0 spiro atoms. The third-order valence-corrected chi connectivity index (χ3v) is 2.67. The van der Waals surface area contributed by atoms with Gasteiger partial charge < -0.3 is 0 Å². The van der Waals surface area contributed by atoms with Gasteiger partial charge in [-0.1, -0.05) is 56.5 Å². The quantitative estimate of drug-likeness (QED) is 0.334. The number of carbonyl (C=O) groups excluding carboxylic acids is 1. The number of carbonyl (C=O) groups is 1. The number of nitrogens with two attached hydrogens (primary N) is 1. The van der Waals surface area contributed by atoms with Crippen molar-refractivity contribution in [1.29, 1.82) is 0 Å². The van der Waals surface area contributed by atoms with E-state index in [2.05, 4.69) is 6.92 Å². The van der Waals surface area contributed by atoms with Crippen molar-refractivity contribution in [3.05, 3.63) is 35.9 Å². The van der Waals surface area contributed by atoms with E-state index in [0.29, 0.717) is 6.61 Å². The molecule has 0 aliphatic rings. The number of amides is 1. The standard InChI is InChI=1S/C14H22N2O2/c1-2-3-4-8-11-18-16(15)14(17)12-13-9-6-5-7-10-13/h5-7,9-10H,2-4,8,11-12,15H2,1H3. The fourth-order valence-corrected chi connectivity index (χ4v) is 1.61. The van der Waals surface area contributed by atoms with E-state index in [-0.39, 0.29) is 12.3 Å². The first-order valence-electron chi connectivity index (χ1n) is 6.48. The molecule has 1 aromatic carbocycles. The van der Waals surface area contributed by atoms with Gasteiger partial charge in [0.2, 0.25) is 0 Å². The van der Waals surface area contributed by atoms with Gasteiger partial charge in [-0.05, 0) is 12.0 Å². The Balaban J connectivity index is 2.21. The molecule has 0 heterocycles. The summed E-state index contributed by atoms with van der Waals surface area (Å²) in [4.78, 5) is 16.9. The molecule has 1 rings (SSSR count). The molecular formula is C14H22N2O2. The summed E-state index contributed by atoms with van der Waals surface area (Å²) in [6.45, 7) is 2.65. The van der Waals surface area contributed by atoms with Crippen molar-refractivity contribution in [2.75, 3.05) is 6.61 Å². The van der Waals surface area contributed by atoms with E-state index in [1.165, 1.54) is 12.8 Å². The predicted octanol–water partition coefficient (Wildman–Crippen LogP) is 2.44. The van der Waals surface area contributed by atoms with Gasteiger partial charge in [-0.25, -0.2) is 5.84 Å². The molecule has 0 aliphatic heterocycles. The van der Waals surface area contributed by atoms with Crippen LogP contribution in [-0.2, 0) is 16.1 Å². The van der Waals surface area contributed by atoms with Gasteiger partial charge in [-0.2, -0.15) is 5.17 Å².